The lowest BCUT2D eigenvalue weighted by Gasteiger charge is -2.39. The van der Waals surface area contributed by atoms with Crippen molar-refractivity contribution in [2.45, 2.75) is 71.9 Å². The number of ether oxygens (including phenoxy) is 1. The molecule has 16 heavy (non-hydrogen) atoms. The predicted octanol–water partition coefficient (Wildman–Crippen LogP) is 2.85. The van der Waals surface area contributed by atoms with E-state index in [1.807, 2.05) is 0 Å². The maximum Gasteiger partial charge on any atom is 0.0839 e. The van der Waals surface area contributed by atoms with Gasteiger partial charge in [0, 0.05) is 7.11 Å². The van der Waals surface area contributed by atoms with E-state index in [0.717, 1.165) is 25.7 Å². The average molecular weight is 230 g/mol. The van der Waals surface area contributed by atoms with Gasteiger partial charge < -0.3 is 4.74 Å². The summed E-state index contributed by atoms with van der Waals surface area (Å²) in [5, 5.41) is 0. The summed E-state index contributed by atoms with van der Waals surface area (Å²) < 4.78 is 5.71. The molecule has 0 aliphatic heterocycles. The topological polar surface area (TPSA) is 47.3 Å². The Kier molecular flexibility index (Phi) is 6.53. The van der Waals surface area contributed by atoms with Gasteiger partial charge in [0.2, 0.25) is 0 Å². The van der Waals surface area contributed by atoms with Crippen LogP contribution in [-0.2, 0) is 4.74 Å². The number of nitrogens with two attached hydrogens (primary N) is 1. The summed E-state index contributed by atoms with van der Waals surface area (Å²) in [6, 6.07) is 0.228. The quantitative estimate of drug-likeness (QED) is 0.522. The Morgan fingerprint density at radius 2 is 1.69 bits per heavy atom. The van der Waals surface area contributed by atoms with E-state index in [-0.39, 0.29) is 11.6 Å². The van der Waals surface area contributed by atoms with E-state index in [2.05, 4.69) is 40.0 Å². The highest BCUT2D eigenvalue weighted by atomic mass is 16.5. The van der Waals surface area contributed by atoms with Crippen LogP contribution >= 0.6 is 0 Å². The van der Waals surface area contributed by atoms with Gasteiger partial charge in [0.1, 0.15) is 0 Å². The van der Waals surface area contributed by atoms with Crippen LogP contribution in [0.4, 0.5) is 0 Å². The minimum absolute atomic E-state index is 0.125. The second kappa shape index (κ2) is 6.58. The molecule has 0 heterocycles. The van der Waals surface area contributed by atoms with Gasteiger partial charge in [-0.15, -0.1) is 0 Å². The minimum Gasteiger partial charge on any atom is -0.377 e. The fourth-order valence-electron chi connectivity index (χ4n) is 2.25. The molecule has 0 bridgehead atoms. The van der Waals surface area contributed by atoms with Gasteiger partial charge in [0.25, 0.3) is 0 Å². The Morgan fingerprint density at radius 3 is 1.94 bits per heavy atom. The lowest BCUT2D eigenvalue weighted by molar-refractivity contribution is -0.0515. The summed E-state index contributed by atoms with van der Waals surface area (Å²) in [6.45, 7) is 11.1. The lowest BCUT2D eigenvalue weighted by Crippen LogP contribution is -2.54. The van der Waals surface area contributed by atoms with Crippen LogP contribution in [0.5, 0.6) is 0 Å². The summed E-state index contributed by atoms with van der Waals surface area (Å²) >= 11 is 0. The second-order valence-corrected chi connectivity index (χ2v) is 5.79. The predicted molar refractivity (Wildman–Crippen MR) is 70.1 cm³/mol. The standard InChI is InChI=1S/C13H30N2O/c1-7-13(8-2,16-6)11(15-14)9-10-12(3,4)5/h11,15H,7-10,14H2,1-6H3. The van der Waals surface area contributed by atoms with Crippen molar-refractivity contribution in [2.75, 3.05) is 7.11 Å². The number of rotatable bonds is 7. The third kappa shape index (κ3) is 4.40. The lowest BCUT2D eigenvalue weighted by atomic mass is 9.81. The summed E-state index contributed by atoms with van der Waals surface area (Å²) in [7, 11) is 1.79. The molecule has 0 aromatic rings. The maximum atomic E-state index is 5.71. The Morgan fingerprint density at radius 1 is 1.19 bits per heavy atom. The van der Waals surface area contributed by atoms with E-state index in [0.29, 0.717) is 5.41 Å². The van der Waals surface area contributed by atoms with Gasteiger partial charge in [0.15, 0.2) is 0 Å². The number of hydrogen-bond acceptors (Lipinski definition) is 3. The van der Waals surface area contributed by atoms with Crippen molar-refractivity contribution in [3.05, 3.63) is 0 Å². The minimum atomic E-state index is -0.125. The molecule has 1 unspecified atom stereocenters. The highest BCUT2D eigenvalue weighted by molar-refractivity contribution is 4.90. The van der Waals surface area contributed by atoms with Crippen molar-refractivity contribution in [2.24, 2.45) is 11.3 Å². The first kappa shape index (κ1) is 15.9. The fraction of sp³-hybridized carbons (Fsp3) is 1.00. The largest absolute Gasteiger partial charge is 0.377 e. The van der Waals surface area contributed by atoms with E-state index in [1.165, 1.54) is 0 Å². The molecule has 98 valence electrons. The monoisotopic (exact) mass is 230 g/mol. The van der Waals surface area contributed by atoms with Crippen LogP contribution in [0.25, 0.3) is 0 Å². The first-order valence-electron chi connectivity index (χ1n) is 6.36. The van der Waals surface area contributed by atoms with Gasteiger partial charge in [-0.25, -0.2) is 0 Å². The van der Waals surface area contributed by atoms with Crippen molar-refractivity contribution >= 4 is 0 Å². The molecule has 0 fully saturated rings. The molecular weight excluding hydrogens is 200 g/mol. The number of hydrogen-bond donors (Lipinski definition) is 2. The molecular formula is C13H30N2O. The van der Waals surface area contributed by atoms with Gasteiger partial charge >= 0.3 is 0 Å². The van der Waals surface area contributed by atoms with E-state index in [1.54, 1.807) is 7.11 Å². The summed E-state index contributed by atoms with van der Waals surface area (Å²) in [5.74, 6) is 5.68. The molecule has 0 saturated heterocycles. The Labute approximate surface area is 101 Å². The van der Waals surface area contributed by atoms with Crippen molar-refractivity contribution in [3.8, 4) is 0 Å². The molecule has 0 amide bonds. The number of methoxy groups -OCH3 is 1. The fourth-order valence-corrected chi connectivity index (χ4v) is 2.25. The number of nitrogens with one attached hydrogen (secondary N) is 1. The van der Waals surface area contributed by atoms with Crippen LogP contribution in [0.2, 0.25) is 0 Å². The maximum absolute atomic E-state index is 5.71. The normalized spacial score (nSPS) is 15.2. The molecule has 0 aliphatic rings. The highest BCUT2D eigenvalue weighted by Gasteiger charge is 2.35. The van der Waals surface area contributed by atoms with Crippen LogP contribution in [0.15, 0.2) is 0 Å². The van der Waals surface area contributed by atoms with Gasteiger partial charge in [-0.05, 0) is 31.1 Å². The van der Waals surface area contributed by atoms with Crippen molar-refractivity contribution in [1.29, 1.82) is 0 Å². The SMILES string of the molecule is CCC(CC)(OC)C(CCC(C)(C)C)NN. The Hall–Kier alpha value is -0.120. The smallest absolute Gasteiger partial charge is 0.0839 e. The van der Waals surface area contributed by atoms with Gasteiger partial charge in [-0.3, -0.25) is 11.3 Å². The summed E-state index contributed by atoms with van der Waals surface area (Å²) in [6.07, 6.45) is 4.17. The van der Waals surface area contributed by atoms with Crippen molar-refractivity contribution < 1.29 is 4.74 Å². The molecule has 0 aliphatic carbocycles. The van der Waals surface area contributed by atoms with Crippen molar-refractivity contribution in [3.63, 3.8) is 0 Å². The van der Waals surface area contributed by atoms with Crippen LogP contribution < -0.4 is 11.3 Å². The zero-order chi connectivity index (χ0) is 12.8. The zero-order valence-corrected chi connectivity index (χ0v) is 11.9. The second-order valence-electron chi connectivity index (χ2n) is 5.79. The highest BCUT2D eigenvalue weighted by Crippen LogP contribution is 2.30. The van der Waals surface area contributed by atoms with E-state index in [4.69, 9.17) is 10.6 Å². The molecule has 3 nitrogen and oxygen atoms in total. The van der Waals surface area contributed by atoms with Crippen LogP contribution in [0.3, 0.4) is 0 Å². The van der Waals surface area contributed by atoms with Crippen LogP contribution in [0.1, 0.15) is 60.3 Å². The molecule has 1 atom stereocenters. The average Bonchev–Trinajstić information content (AvgIpc) is 2.23. The molecule has 0 radical (unpaired) electrons. The van der Waals surface area contributed by atoms with Gasteiger partial charge in [0.05, 0.1) is 11.6 Å². The first-order chi connectivity index (χ1) is 7.35. The molecule has 0 rings (SSSR count). The summed E-state index contributed by atoms with van der Waals surface area (Å²) in [4.78, 5) is 0. The third-order valence-electron chi connectivity index (χ3n) is 3.62. The Balaban J connectivity index is 4.56. The molecule has 0 aromatic carbocycles. The van der Waals surface area contributed by atoms with Crippen LogP contribution in [-0.4, -0.2) is 18.8 Å². The molecule has 3 N–H and O–H groups in total. The first-order valence-corrected chi connectivity index (χ1v) is 6.36. The molecule has 0 saturated carbocycles. The van der Waals surface area contributed by atoms with E-state index < -0.39 is 0 Å². The number of hydrazine groups is 1. The zero-order valence-electron chi connectivity index (χ0n) is 11.9. The third-order valence-corrected chi connectivity index (χ3v) is 3.62. The van der Waals surface area contributed by atoms with Crippen LogP contribution in [0, 0.1) is 5.41 Å². The Bertz CT molecular complexity index is 175. The molecule has 0 spiro atoms. The van der Waals surface area contributed by atoms with E-state index >= 15 is 0 Å². The van der Waals surface area contributed by atoms with Gasteiger partial charge in [-0.1, -0.05) is 34.6 Å². The van der Waals surface area contributed by atoms with Gasteiger partial charge in [-0.2, -0.15) is 0 Å². The van der Waals surface area contributed by atoms with Crippen molar-refractivity contribution in [1.82, 2.24) is 5.43 Å². The molecule has 3 heteroatoms. The molecule has 0 aromatic heterocycles. The summed E-state index contributed by atoms with van der Waals surface area (Å²) in [5.41, 5.74) is 3.16. The van der Waals surface area contributed by atoms with E-state index in [9.17, 15) is 0 Å².